The molecule has 0 aliphatic heterocycles. The van der Waals surface area contributed by atoms with Crippen molar-refractivity contribution in [2.75, 3.05) is 10.5 Å². The highest BCUT2D eigenvalue weighted by molar-refractivity contribution is 9.10. The van der Waals surface area contributed by atoms with Crippen LogP contribution in [0.3, 0.4) is 0 Å². The van der Waals surface area contributed by atoms with Crippen LogP contribution in [-0.4, -0.2) is 8.42 Å². The van der Waals surface area contributed by atoms with Crippen molar-refractivity contribution in [3.63, 3.8) is 0 Å². The molecule has 2 aromatic rings. The summed E-state index contributed by atoms with van der Waals surface area (Å²) in [6, 6.07) is 7.95. The van der Waals surface area contributed by atoms with Crippen molar-refractivity contribution in [2.24, 2.45) is 0 Å². The minimum Gasteiger partial charge on any atom is -0.396 e. The van der Waals surface area contributed by atoms with Gasteiger partial charge in [-0.05, 0) is 59.1 Å². The van der Waals surface area contributed by atoms with Crippen molar-refractivity contribution in [1.29, 1.82) is 0 Å². The fourth-order valence-corrected chi connectivity index (χ4v) is 4.16. The van der Waals surface area contributed by atoms with E-state index in [1.807, 2.05) is 0 Å². The van der Waals surface area contributed by atoms with Crippen molar-refractivity contribution in [3.8, 4) is 0 Å². The number of anilines is 2. The number of nitrogen functional groups attached to an aromatic ring is 1. The van der Waals surface area contributed by atoms with E-state index in [4.69, 9.17) is 5.73 Å². The lowest BCUT2D eigenvalue weighted by Crippen LogP contribution is -2.17. The van der Waals surface area contributed by atoms with Gasteiger partial charge in [-0.25, -0.2) is 12.8 Å². The smallest absolute Gasteiger partial charge is 0.262 e. The van der Waals surface area contributed by atoms with E-state index in [1.54, 1.807) is 24.3 Å². The molecule has 0 radical (unpaired) electrons. The van der Waals surface area contributed by atoms with E-state index < -0.39 is 15.8 Å². The second-order valence-electron chi connectivity index (χ2n) is 4.63. The molecule has 4 nitrogen and oxygen atoms in total. The first-order chi connectivity index (χ1) is 9.74. The van der Waals surface area contributed by atoms with E-state index in [1.165, 1.54) is 13.8 Å². The summed E-state index contributed by atoms with van der Waals surface area (Å²) in [5.41, 5.74) is 6.34. The largest absolute Gasteiger partial charge is 0.396 e. The maximum Gasteiger partial charge on any atom is 0.262 e. The number of halogens is 2. The molecule has 0 amide bonds. The molecule has 0 saturated carbocycles. The van der Waals surface area contributed by atoms with Crippen LogP contribution in [0.2, 0.25) is 0 Å². The zero-order chi connectivity index (χ0) is 15.8. The van der Waals surface area contributed by atoms with Crippen molar-refractivity contribution in [2.45, 2.75) is 18.7 Å². The SMILES string of the molecule is Cc1cc(F)c(N)c(C)c1S(=O)(=O)Nc1ccccc1Br. The number of sulfonamides is 1. The van der Waals surface area contributed by atoms with Gasteiger partial charge in [-0.1, -0.05) is 12.1 Å². The van der Waals surface area contributed by atoms with Crippen LogP contribution in [0, 0.1) is 19.7 Å². The Bertz CT molecular complexity index is 807. The van der Waals surface area contributed by atoms with Crippen LogP contribution in [-0.2, 0) is 10.0 Å². The van der Waals surface area contributed by atoms with Gasteiger partial charge in [0, 0.05) is 4.47 Å². The number of benzene rings is 2. The lowest BCUT2D eigenvalue weighted by molar-refractivity contribution is 0.598. The molecule has 21 heavy (non-hydrogen) atoms. The Balaban J connectivity index is 2.56. The summed E-state index contributed by atoms with van der Waals surface area (Å²) in [6.07, 6.45) is 0. The van der Waals surface area contributed by atoms with Crippen LogP contribution >= 0.6 is 15.9 Å². The quantitative estimate of drug-likeness (QED) is 0.808. The van der Waals surface area contributed by atoms with Crippen LogP contribution in [0.1, 0.15) is 11.1 Å². The molecule has 0 fully saturated rings. The molecule has 0 aromatic heterocycles. The molecule has 0 atom stereocenters. The second kappa shape index (κ2) is 5.65. The van der Waals surface area contributed by atoms with E-state index in [-0.39, 0.29) is 16.1 Å². The molecule has 2 aromatic carbocycles. The number of aryl methyl sites for hydroxylation is 1. The summed E-state index contributed by atoms with van der Waals surface area (Å²) in [5, 5.41) is 0. The molecule has 0 saturated heterocycles. The Morgan fingerprint density at radius 2 is 1.86 bits per heavy atom. The van der Waals surface area contributed by atoms with Gasteiger partial charge < -0.3 is 5.73 Å². The van der Waals surface area contributed by atoms with Crippen molar-refractivity contribution >= 4 is 37.3 Å². The number of hydrogen-bond acceptors (Lipinski definition) is 3. The van der Waals surface area contributed by atoms with Gasteiger partial charge in [-0.3, -0.25) is 4.72 Å². The fraction of sp³-hybridized carbons (Fsp3) is 0.143. The molecule has 0 bridgehead atoms. The van der Waals surface area contributed by atoms with E-state index in [0.717, 1.165) is 6.07 Å². The highest BCUT2D eigenvalue weighted by Gasteiger charge is 2.23. The molecule has 112 valence electrons. The van der Waals surface area contributed by atoms with Crippen LogP contribution in [0.15, 0.2) is 39.7 Å². The average molecular weight is 373 g/mol. The molecule has 7 heteroatoms. The first-order valence-electron chi connectivity index (χ1n) is 6.06. The zero-order valence-electron chi connectivity index (χ0n) is 11.4. The number of nitrogens with two attached hydrogens (primary N) is 1. The first kappa shape index (κ1) is 15.8. The molecule has 0 unspecified atom stereocenters. The van der Waals surface area contributed by atoms with E-state index in [0.29, 0.717) is 15.7 Å². The summed E-state index contributed by atoms with van der Waals surface area (Å²) in [7, 11) is -3.86. The molecular formula is C14H14BrFN2O2S. The van der Waals surface area contributed by atoms with Gasteiger partial charge in [0.2, 0.25) is 0 Å². The lowest BCUT2D eigenvalue weighted by atomic mass is 10.1. The van der Waals surface area contributed by atoms with Crippen LogP contribution < -0.4 is 10.5 Å². The Kier molecular flexibility index (Phi) is 4.25. The predicted octanol–water partition coefficient (Wildman–Crippen LogP) is 3.59. The van der Waals surface area contributed by atoms with Crippen LogP contribution in [0.25, 0.3) is 0 Å². The molecule has 0 aliphatic carbocycles. The Morgan fingerprint density at radius 3 is 2.48 bits per heavy atom. The van der Waals surface area contributed by atoms with Gasteiger partial charge in [0.25, 0.3) is 10.0 Å². The van der Waals surface area contributed by atoms with Crippen LogP contribution in [0.5, 0.6) is 0 Å². The van der Waals surface area contributed by atoms with Gasteiger partial charge in [-0.2, -0.15) is 0 Å². The van der Waals surface area contributed by atoms with Gasteiger partial charge in [0.15, 0.2) is 0 Å². The standard InChI is InChI=1S/C14H14BrFN2O2S/c1-8-7-11(16)13(17)9(2)14(8)21(19,20)18-12-6-4-3-5-10(12)15/h3-7,18H,17H2,1-2H3. The monoisotopic (exact) mass is 372 g/mol. The minimum atomic E-state index is -3.86. The lowest BCUT2D eigenvalue weighted by Gasteiger charge is -2.15. The van der Waals surface area contributed by atoms with Gasteiger partial charge >= 0.3 is 0 Å². The van der Waals surface area contributed by atoms with Crippen molar-refractivity contribution in [1.82, 2.24) is 0 Å². The maximum absolute atomic E-state index is 13.6. The van der Waals surface area contributed by atoms with E-state index in [9.17, 15) is 12.8 Å². The molecule has 3 N–H and O–H groups in total. The Morgan fingerprint density at radius 1 is 1.24 bits per heavy atom. The molecule has 0 heterocycles. The predicted molar refractivity (Wildman–Crippen MR) is 85.2 cm³/mol. The highest BCUT2D eigenvalue weighted by Crippen LogP contribution is 2.30. The third kappa shape index (κ3) is 3.03. The summed E-state index contributed by atoms with van der Waals surface area (Å²) in [5.74, 6) is -0.621. The summed E-state index contributed by atoms with van der Waals surface area (Å²) in [4.78, 5) is -0.00264. The summed E-state index contributed by atoms with van der Waals surface area (Å²) >= 11 is 3.27. The van der Waals surface area contributed by atoms with Crippen molar-refractivity contribution in [3.05, 3.63) is 51.7 Å². The van der Waals surface area contributed by atoms with Gasteiger partial charge in [-0.15, -0.1) is 0 Å². The maximum atomic E-state index is 13.6. The van der Waals surface area contributed by atoms with E-state index >= 15 is 0 Å². The summed E-state index contributed by atoms with van der Waals surface area (Å²) in [6.45, 7) is 3.02. The van der Waals surface area contributed by atoms with Crippen molar-refractivity contribution < 1.29 is 12.8 Å². The number of nitrogens with one attached hydrogen (secondary N) is 1. The second-order valence-corrected chi connectivity index (χ2v) is 7.10. The Labute approximate surface area is 131 Å². The van der Waals surface area contributed by atoms with E-state index in [2.05, 4.69) is 20.7 Å². The first-order valence-corrected chi connectivity index (χ1v) is 8.34. The third-order valence-corrected chi connectivity index (χ3v) is 5.44. The van der Waals surface area contributed by atoms with Crippen LogP contribution in [0.4, 0.5) is 15.8 Å². The van der Waals surface area contributed by atoms with Gasteiger partial charge in [0.1, 0.15) is 5.82 Å². The molecule has 0 spiro atoms. The average Bonchev–Trinajstić information content (AvgIpc) is 2.38. The normalized spacial score (nSPS) is 11.4. The number of hydrogen-bond donors (Lipinski definition) is 2. The fourth-order valence-electron chi connectivity index (χ4n) is 2.08. The number of rotatable bonds is 3. The highest BCUT2D eigenvalue weighted by atomic mass is 79.9. The Hall–Kier alpha value is -1.60. The number of para-hydroxylation sites is 1. The molecule has 0 aliphatic rings. The topological polar surface area (TPSA) is 72.2 Å². The van der Waals surface area contributed by atoms with Gasteiger partial charge in [0.05, 0.1) is 16.3 Å². The summed E-state index contributed by atoms with van der Waals surface area (Å²) < 4.78 is 41.7. The minimum absolute atomic E-state index is 0.00264. The molecular weight excluding hydrogens is 359 g/mol. The third-order valence-electron chi connectivity index (χ3n) is 3.09. The zero-order valence-corrected chi connectivity index (χ0v) is 13.8. The molecule has 2 rings (SSSR count).